The molecule has 38 heavy (non-hydrogen) atoms. The van der Waals surface area contributed by atoms with Gasteiger partial charge in [-0.2, -0.15) is 13.2 Å². The number of piperidine rings is 1. The third-order valence-electron chi connectivity index (χ3n) is 6.33. The molecule has 3 atom stereocenters. The van der Waals surface area contributed by atoms with E-state index in [-0.39, 0.29) is 23.7 Å². The lowest BCUT2D eigenvalue weighted by Crippen LogP contribution is -2.46. The number of fused-ring (bicyclic) bond motifs is 1. The summed E-state index contributed by atoms with van der Waals surface area (Å²) in [7, 11) is 3.26. The highest BCUT2D eigenvalue weighted by molar-refractivity contribution is 7.79. The Labute approximate surface area is 220 Å². The molecule has 4 rings (SSSR count). The minimum Gasteiger partial charge on any atom is -0.495 e. The molecule has 204 valence electrons. The highest BCUT2D eigenvalue weighted by atomic mass is 32.2. The molecule has 0 amide bonds. The van der Waals surface area contributed by atoms with Crippen LogP contribution in [0.5, 0.6) is 5.75 Å². The predicted octanol–water partition coefficient (Wildman–Crippen LogP) is 4.71. The van der Waals surface area contributed by atoms with Crippen molar-refractivity contribution in [1.29, 1.82) is 0 Å². The average molecular weight is 553 g/mol. The standard InChI is InChI=1S/C26H28F4N4O3S/c1-33-12-10-22(20(27)15-33)32-21-6-3-7-24-19(21)13-17(34(24)16-26(28,29)30)5-4-11-31-23-9-8-18(38(35)36)14-25(23)37-2/h3,6-9,13-14,20,22,31-32H,10-12,15-16H2,1-2H3,(H,35,36)/t20-,22+/m1/s1. The lowest BCUT2D eigenvalue weighted by Gasteiger charge is -2.33. The first-order chi connectivity index (χ1) is 18.1. The van der Waals surface area contributed by atoms with E-state index in [1.165, 1.54) is 19.2 Å². The van der Waals surface area contributed by atoms with Gasteiger partial charge in [0.15, 0.2) is 11.1 Å². The number of alkyl halides is 4. The summed E-state index contributed by atoms with van der Waals surface area (Å²) in [5, 5.41) is 6.75. The summed E-state index contributed by atoms with van der Waals surface area (Å²) in [6.07, 6.45) is -4.99. The molecule has 0 saturated carbocycles. The number of halogens is 4. The number of hydrogen-bond donors (Lipinski definition) is 3. The Hall–Kier alpha value is -3.27. The largest absolute Gasteiger partial charge is 0.495 e. The van der Waals surface area contributed by atoms with Crippen molar-refractivity contribution < 1.29 is 31.1 Å². The number of ether oxygens (including phenoxy) is 1. The first-order valence-corrected chi connectivity index (χ1v) is 13.0. The van der Waals surface area contributed by atoms with Gasteiger partial charge in [-0.05, 0) is 49.7 Å². The molecule has 1 aliphatic heterocycles. The Balaban J connectivity index is 1.60. The van der Waals surface area contributed by atoms with Crippen molar-refractivity contribution in [3.05, 3.63) is 48.2 Å². The molecule has 1 saturated heterocycles. The number of anilines is 2. The number of nitrogens with one attached hydrogen (secondary N) is 2. The van der Waals surface area contributed by atoms with Crippen LogP contribution in [0, 0.1) is 11.8 Å². The van der Waals surface area contributed by atoms with Crippen LogP contribution in [-0.4, -0.2) is 70.4 Å². The van der Waals surface area contributed by atoms with Crippen molar-refractivity contribution in [2.75, 3.05) is 44.4 Å². The quantitative estimate of drug-likeness (QED) is 0.224. The van der Waals surface area contributed by atoms with Crippen molar-refractivity contribution in [1.82, 2.24) is 9.47 Å². The summed E-state index contributed by atoms with van der Waals surface area (Å²) < 4.78 is 81.9. The molecular formula is C26H28F4N4O3S. The number of hydrogen-bond acceptors (Lipinski definition) is 5. The van der Waals surface area contributed by atoms with Crippen LogP contribution in [0.15, 0.2) is 47.4 Å². The van der Waals surface area contributed by atoms with Crippen LogP contribution in [0.25, 0.3) is 10.9 Å². The fourth-order valence-electron chi connectivity index (χ4n) is 4.48. The third-order valence-corrected chi connectivity index (χ3v) is 6.98. The van der Waals surface area contributed by atoms with Crippen LogP contribution in [-0.2, 0) is 17.6 Å². The van der Waals surface area contributed by atoms with Crippen molar-refractivity contribution in [2.45, 2.75) is 36.3 Å². The van der Waals surface area contributed by atoms with Gasteiger partial charge in [0.1, 0.15) is 18.5 Å². The van der Waals surface area contributed by atoms with Crippen molar-refractivity contribution in [2.24, 2.45) is 0 Å². The molecule has 3 aromatic rings. The Morgan fingerprint density at radius 3 is 2.68 bits per heavy atom. The molecule has 2 heterocycles. The fraction of sp³-hybridized carbons (Fsp3) is 0.385. The summed E-state index contributed by atoms with van der Waals surface area (Å²) in [6, 6.07) is 10.5. The topological polar surface area (TPSA) is 78.8 Å². The molecule has 1 unspecified atom stereocenters. The Morgan fingerprint density at radius 1 is 1.21 bits per heavy atom. The first-order valence-electron chi connectivity index (χ1n) is 11.9. The van der Waals surface area contributed by atoms with E-state index >= 15 is 0 Å². The Kier molecular flexibility index (Phi) is 8.50. The first kappa shape index (κ1) is 27.8. The highest BCUT2D eigenvalue weighted by Gasteiger charge is 2.31. The van der Waals surface area contributed by atoms with Gasteiger partial charge in [0.2, 0.25) is 0 Å². The summed E-state index contributed by atoms with van der Waals surface area (Å²) >= 11 is -2.17. The molecule has 12 heteroatoms. The monoisotopic (exact) mass is 552 g/mol. The van der Waals surface area contributed by atoms with Gasteiger partial charge in [0.05, 0.1) is 41.5 Å². The van der Waals surface area contributed by atoms with Crippen LogP contribution in [0.3, 0.4) is 0 Å². The van der Waals surface area contributed by atoms with Gasteiger partial charge in [0, 0.05) is 30.2 Å². The van der Waals surface area contributed by atoms with Crippen LogP contribution in [0.2, 0.25) is 0 Å². The van der Waals surface area contributed by atoms with E-state index in [9.17, 15) is 26.3 Å². The van der Waals surface area contributed by atoms with Gasteiger partial charge < -0.3 is 29.4 Å². The van der Waals surface area contributed by atoms with E-state index in [0.717, 1.165) is 11.1 Å². The molecule has 2 aromatic carbocycles. The highest BCUT2D eigenvalue weighted by Crippen LogP contribution is 2.32. The van der Waals surface area contributed by atoms with Crippen molar-refractivity contribution in [3.8, 4) is 17.6 Å². The molecule has 1 fully saturated rings. The Morgan fingerprint density at radius 2 is 2.00 bits per heavy atom. The molecule has 1 aliphatic rings. The predicted molar refractivity (Wildman–Crippen MR) is 140 cm³/mol. The van der Waals surface area contributed by atoms with Crippen molar-refractivity contribution in [3.63, 3.8) is 0 Å². The van der Waals surface area contributed by atoms with Gasteiger partial charge >= 0.3 is 6.18 Å². The lowest BCUT2D eigenvalue weighted by molar-refractivity contribution is -0.140. The second-order valence-corrected chi connectivity index (χ2v) is 10.0. The molecule has 0 aliphatic carbocycles. The fourth-order valence-corrected chi connectivity index (χ4v) is 4.88. The van der Waals surface area contributed by atoms with Gasteiger partial charge in [-0.15, -0.1) is 0 Å². The van der Waals surface area contributed by atoms with Crippen LogP contribution in [0.1, 0.15) is 12.1 Å². The molecule has 3 N–H and O–H groups in total. The molecule has 1 aromatic heterocycles. The number of likely N-dealkylation sites (tertiary alicyclic amines) is 1. The van der Waals surface area contributed by atoms with E-state index < -0.39 is 36.0 Å². The summed E-state index contributed by atoms with van der Waals surface area (Å²) in [5.41, 5.74) is 1.60. The SMILES string of the molecule is COc1cc(S(=O)O)ccc1NCC#Cc1cc2c(N[C@H]3CCN(C)C[C@H]3F)cccc2n1CC(F)(F)F. The van der Waals surface area contributed by atoms with Crippen LogP contribution < -0.4 is 15.4 Å². The second kappa shape index (κ2) is 11.6. The van der Waals surface area contributed by atoms with Crippen molar-refractivity contribution >= 4 is 33.4 Å². The number of aromatic nitrogens is 1. The van der Waals surface area contributed by atoms with Crippen LogP contribution in [0.4, 0.5) is 28.9 Å². The zero-order chi connectivity index (χ0) is 27.4. The van der Waals surface area contributed by atoms with Gasteiger partial charge in [-0.25, -0.2) is 8.60 Å². The summed E-state index contributed by atoms with van der Waals surface area (Å²) in [5.74, 6) is 5.99. The van der Waals surface area contributed by atoms with E-state index in [0.29, 0.717) is 34.4 Å². The second-order valence-electron chi connectivity index (χ2n) is 9.05. The number of methoxy groups -OCH3 is 1. The molecule has 7 nitrogen and oxygen atoms in total. The minimum atomic E-state index is -4.47. The average Bonchev–Trinajstić information content (AvgIpc) is 3.20. The smallest absolute Gasteiger partial charge is 0.406 e. The number of rotatable bonds is 7. The summed E-state index contributed by atoms with van der Waals surface area (Å²) in [6.45, 7) is -0.128. The van der Waals surface area contributed by atoms with E-state index in [1.54, 1.807) is 30.3 Å². The maximum Gasteiger partial charge on any atom is 0.406 e. The zero-order valence-electron chi connectivity index (χ0n) is 20.8. The van der Waals surface area contributed by atoms with Gasteiger partial charge in [-0.1, -0.05) is 12.0 Å². The van der Waals surface area contributed by atoms with E-state index in [2.05, 4.69) is 22.5 Å². The third kappa shape index (κ3) is 6.59. The van der Waals surface area contributed by atoms with E-state index in [4.69, 9.17) is 4.74 Å². The number of nitrogens with zero attached hydrogens (tertiary/aromatic N) is 2. The maximum atomic E-state index is 14.6. The molecule has 0 radical (unpaired) electrons. The zero-order valence-corrected chi connectivity index (χ0v) is 21.6. The normalized spacial score (nSPS) is 19.0. The Bertz CT molecular complexity index is 1380. The number of benzene rings is 2. The maximum absolute atomic E-state index is 14.6. The molecule has 0 spiro atoms. The van der Waals surface area contributed by atoms with Crippen LogP contribution >= 0.6 is 0 Å². The summed E-state index contributed by atoms with van der Waals surface area (Å²) in [4.78, 5) is 2.07. The lowest BCUT2D eigenvalue weighted by atomic mass is 10.0. The van der Waals surface area contributed by atoms with E-state index in [1.807, 2.05) is 11.9 Å². The molecule has 0 bridgehead atoms. The molecular weight excluding hydrogens is 524 g/mol. The van der Waals surface area contributed by atoms with Gasteiger partial charge in [-0.3, -0.25) is 0 Å². The minimum absolute atomic E-state index is 0.0791. The van der Waals surface area contributed by atoms with Gasteiger partial charge in [0.25, 0.3) is 0 Å².